The molecular weight excluding hydrogens is 278 g/mol. The summed E-state index contributed by atoms with van der Waals surface area (Å²) in [6.07, 6.45) is 2.64. The molecule has 120 valence electrons. The van der Waals surface area contributed by atoms with Crippen molar-refractivity contribution in [3.63, 3.8) is 0 Å². The van der Waals surface area contributed by atoms with Crippen LogP contribution in [-0.2, 0) is 9.53 Å². The van der Waals surface area contributed by atoms with E-state index >= 15 is 0 Å². The molecule has 5 heteroatoms. The highest BCUT2D eigenvalue weighted by atomic mass is 16.5. The molecule has 2 atom stereocenters. The predicted molar refractivity (Wildman–Crippen MR) is 83.6 cm³/mol. The van der Waals surface area contributed by atoms with Crippen LogP contribution in [0.15, 0.2) is 6.07 Å². The van der Waals surface area contributed by atoms with Crippen LogP contribution in [0.25, 0.3) is 0 Å². The van der Waals surface area contributed by atoms with Gasteiger partial charge in [-0.05, 0) is 45.1 Å². The number of nitrogens with zero attached hydrogens (tertiary/aromatic N) is 3. The molecule has 22 heavy (non-hydrogen) atoms. The van der Waals surface area contributed by atoms with Crippen molar-refractivity contribution in [2.75, 3.05) is 19.7 Å². The zero-order valence-electron chi connectivity index (χ0n) is 13.7. The van der Waals surface area contributed by atoms with Gasteiger partial charge in [0.25, 0.3) is 5.91 Å². The van der Waals surface area contributed by atoms with Gasteiger partial charge in [-0.2, -0.15) is 0 Å². The van der Waals surface area contributed by atoms with Crippen LogP contribution >= 0.6 is 0 Å². The first-order valence-corrected chi connectivity index (χ1v) is 8.27. The zero-order chi connectivity index (χ0) is 15.7. The highest BCUT2D eigenvalue weighted by Gasteiger charge is 2.35. The van der Waals surface area contributed by atoms with E-state index < -0.39 is 0 Å². The van der Waals surface area contributed by atoms with Crippen molar-refractivity contribution in [1.29, 1.82) is 0 Å². The van der Waals surface area contributed by atoms with Crippen LogP contribution < -0.4 is 0 Å². The average molecular weight is 303 g/mol. The number of hydrogen-bond acceptors (Lipinski definition) is 4. The number of carbonyl (C=O) groups is 1. The van der Waals surface area contributed by atoms with Crippen LogP contribution in [-0.4, -0.2) is 46.6 Å². The molecule has 0 unspecified atom stereocenters. The van der Waals surface area contributed by atoms with Crippen molar-refractivity contribution in [2.45, 2.75) is 52.1 Å². The Balaban J connectivity index is 1.61. The Morgan fingerprint density at radius 3 is 2.36 bits per heavy atom. The van der Waals surface area contributed by atoms with Gasteiger partial charge in [0.1, 0.15) is 11.9 Å². The smallest absolute Gasteiger partial charge is 0.251 e. The SMILES string of the molecule is Cc1cc(C)nc(C2CCN(C(=O)[C@H]3OCC[C@H]3C)CC2)n1. The molecule has 1 aromatic rings. The number of carbonyl (C=O) groups excluding carboxylic acids is 1. The van der Waals surface area contributed by atoms with Crippen LogP contribution in [0, 0.1) is 19.8 Å². The van der Waals surface area contributed by atoms with Crippen LogP contribution in [0.3, 0.4) is 0 Å². The summed E-state index contributed by atoms with van der Waals surface area (Å²) >= 11 is 0. The molecule has 1 aromatic heterocycles. The van der Waals surface area contributed by atoms with Gasteiger partial charge in [-0.25, -0.2) is 9.97 Å². The number of aromatic nitrogens is 2. The standard InChI is InChI=1S/C17H25N3O2/c1-11-6-9-22-15(11)17(21)20-7-4-14(5-8-20)16-18-12(2)10-13(3)19-16/h10-11,14-15H,4-9H2,1-3H3/t11-,15+/m1/s1. The summed E-state index contributed by atoms with van der Waals surface area (Å²) in [4.78, 5) is 23.7. The lowest BCUT2D eigenvalue weighted by atomic mass is 9.94. The van der Waals surface area contributed by atoms with Crippen molar-refractivity contribution < 1.29 is 9.53 Å². The van der Waals surface area contributed by atoms with Crippen molar-refractivity contribution in [3.05, 3.63) is 23.3 Å². The van der Waals surface area contributed by atoms with E-state index in [0.717, 1.165) is 49.6 Å². The highest BCUT2D eigenvalue weighted by molar-refractivity contribution is 5.81. The fraction of sp³-hybridized carbons (Fsp3) is 0.706. The highest BCUT2D eigenvalue weighted by Crippen LogP contribution is 2.28. The van der Waals surface area contributed by atoms with Crippen molar-refractivity contribution in [2.24, 2.45) is 5.92 Å². The molecule has 0 saturated carbocycles. The Hall–Kier alpha value is -1.49. The third-order valence-electron chi connectivity index (χ3n) is 4.80. The van der Waals surface area contributed by atoms with E-state index in [1.807, 2.05) is 24.8 Å². The fourth-order valence-corrected chi connectivity index (χ4v) is 3.49. The first-order valence-electron chi connectivity index (χ1n) is 8.27. The minimum absolute atomic E-state index is 0.171. The van der Waals surface area contributed by atoms with Crippen LogP contribution in [0.1, 0.15) is 49.3 Å². The number of hydrogen-bond donors (Lipinski definition) is 0. The molecule has 0 aliphatic carbocycles. The molecule has 3 heterocycles. The minimum Gasteiger partial charge on any atom is -0.368 e. The van der Waals surface area contributed by atoms with Crippen molar-refractivity contribution in [1.82, 2.24) is 14.9 Å². The van der Waals surface area contributed by atoms with E-state index in [1.165, 1.54) is 0 Å². The monoisotopic (exact) mass is 303 g/mol. The Labute approximate surface area is 132 Å². The zero-order valence-corrected chi connectivity index (χ0v) is 13.7. The van der Waals surface area contributed by atoms with E-state index in [-0.39, 0.29) is 12.0 Å². The maximum atomic E-state index is 12.5. The molecule has 0 N–H and O–H groups in total. The van der Waals surface area contributed by atoms with E-state index in [4.69, 9.17) is 4.74 Å². The Bertz CT molecular complexity index is 533. The van der Waals surface area contributed by atoms with Gasteiger partial charge in [0.05, 0.1) is 0 Å². The van der Waals surface area contributed by atoms with Gasteiger partial charge in [-0.15, -0.1) is 0 Å². The largest absolute Gasteiger partial charge is 0.368 e. The molecular formula is C17H25N3O2. The molecule has 2 aliphatic rings. The van der Waals surface area contributed by atoms with E-state index in [1.54, 1.807) is 0 Å². The predicted octanol–water partition coefficient (Wildman–Crippen LogP) is 2.22. The van der Waals surface area contributed by atoms with Gasteiger partial charge in [0, 0.05) is 37.0 Å². The Morgan fingerprint density at radius 2 is 1.82 bits per heavy atom. The number of ether oxygens (including phenoxy) is 1. The third-order valence-corrected chi connectivity index (χ3v) is 4.80. The fourth-order valence-electron chi connectivity index (χ4n) is 3.49. The number of likely N-dealkylation sites (tertiary alicyclic amines) is 1. The summed E-state index contributed by atoms with van der Waals surface area (Å²) in [5.74, 6) is 1.82. The van der Waals surface area contributed by atoms with Gasteiger partial charge in [0.2, 0.25) is 0 Å². The maximum Gasteiger partial charge on any atom is 0.251 e. The van der Waals surface area contributed by atoms with Crippen LogP contribution in [0.5, 0.6) is 0 Å². The Kier molecular flexibility index (Phi) is 4.43. The average Bonchev–Trinajstić information content (AvgIpc) is 2.92. The summed E-state index contributed by atoms with van der Waals surface area (Å²) in [5.41, 5.74) is 2.04. The van der Waals surface area contributed by atoms with Crippen LogP contribution in [0.2, 0.25) is 0 Å². The minimum atomic E-state index is -0.228. The number of aryl methyl sites for hydroxylation is 2. The molecule has 0 radical (unpaired) electrons. The molecule has 2 aliphatic heterocycles. The number of piperidine rings is 1. The van der Waals surface area contributed by atoms with Crippen molar-refractivity contribution >= 4 is 5.91 Å². The maximum absolute atomic E-state index is 12.5. The summed E-state index contributed by atoms with van der Waals surface area (Å²) in [6, 6.07) is 2.00. The molecule has 0 aromatic carbocycles. The van der Waals surface area contributed by atoms with Gasteiger partial charge < -0.3 is 9.64 Å². The lowest BCUT2D eigenvalue weighted by molar-refractivity contribution is -0.143. The molecule has 2 fully saturated rings. The second kappa shape index (κ2) is 6.32. The second-order valence-corrected chi connectivity index (χ2v) is 6.67. The van der Waals surface area contributed by atoms with Crippen molar-refractivity contribution in [3.8, 4) is 0 Å². The lowest BCUT2D eigenvalue weighted by Crippen LogP contribution is -2.45. The molecule has 3 rings (SSSR count). The first kappa shape index (κ1) is 15.4. The molecule has 2 saturated heterocycles. The van der Waals surface area contributed by atoms with E-state index in [9.17, 15) is 4.79 Å². The summed E-state index contributed by atoms with van der Waals surface area (Å²) in [7, 11) is 0. The summed E-state index contributed by atoms with van der Waals surface area (Å²) < 4.78 is 5.61. The van der Waals surface area contributed by atoms with Crippen LogP contribution in [0.4, 0.5) is 0 Å². The van der Waals surface area contributed by atoms with E-state index in [0.29, 0.717) is 18.4 Å². The van der Waals surface area contributed by atoms with Gasteiger partial charge >= 0.3 is 0 Å². The Morgan fingerprint density at radius 1 is 1.18 bits per heavy atom. The quantitative estimate of drug-likeness (QED) is 0.840. The first-order chi connectivity index (χ1) is 10.5. The second-order valence-electron chi connectivity index (χ2n) is 6.67. The molecule has 0 spiro atoms. The summed E-state index contributed by atoms with van der Waals surface area (Å²) in [5, 5.41) is 0. The lowest BCUT2D eigenvalue weighted by Gasteiger charge is -2.33. The number of amides is 1. The molecule has 1 amide bonds. The number of rotatable bonds is 2. The molecule has 0 bridgehead atoms. The normalized spacial score (nSPS) is 26.4. The van der Waals surface area contributed by atoms with Gasteiger partial charge in [-0.1, -0.05) is 6.92 Å². The van der Waals surface area contributed by atoms with Gasteiger partial charge in [-0.3, -0.25) is 4.79 Å². The third kappa shape index (κ3) is 3.14. The topological polar surface area (TPSA) is 55.3 Å². The van der Waals surface area contributed by atoms with E-state index in [2.05, 4.69) is 16.9 Å². The van der Waals surface area contributed by atoms with Gasteiger partial charge in [0.15, 0.2) is 0 Å². The molecule has 5 nitrogen and oxygen atoms in total. The summed E-state index contributed by atoms with van der Waals surface area (Å²) in [6.45, 7) is 8.40.